The maximum absolute atomic E-state index is 13.1. The van der Waals surface area contributed by atoms with E-state index in [-0.39, 0.29) is 28.4 Å². The van der Waals surface area contributed by atoms with Gasteiger partial charge in [0, 0.05) is 33.3 Å². The molecule has 0 saturated carbocycles. The first-order valence-electron chi connectivity index (χ1n) is 8.07. The number of hydrogen-bond acceptors (Lipinski definition) is 3. The van der Waals surface area contributed by atoms with E-state index in [9.17, 15) is 36.2 Å². The highest BCUT2D eigenvalue weighted by Gasteiger charge is 2.71. The zero-order chi connectivity index (χ0) is 21.6. The number of halogens is 7. The molecule has 156 valence electrons. The lowest BCUT2D eigenvalue weighted by Crippen LogP contribution is -2.54. The van der Waals surface area contributed by atoms with Crippen molar-refractivity contribution in [3.05, 3.63) is 58.6 Å². The van der Waals surface area contributed by atoms with Crippen LogP contribution in [-0.2, 0) is 5.60 Å². The van der Waals surface area contributed by atoms with Gasteiger partial charge in [-0.15, -0.1) is 11.8 Å². The van der Waals surface area contributed by atoms with Crippen LogP contribution in [0, 0.1) is 0 Å². The molecule has 2 aromatic rings. The molecular weight excluding hydrogens is 444 g/mol. The van der Waals surface area contributed by atoms with E-state index in [1.807, 2.05) is 0 Å². The zero-order valence-corrected chi connectivity index (χ0v) is 15.9. The third kappa shape index (κ3) is 3.80. The Kier molecular flexibility index (Phi) is 5.57. The third-order valence-electron chi connectivity index (χ3n) is 4.38. The average molecular weight is 456 g/mol. The minimum absolute atomic E-state index is 0.0241. The van der Waals surface area contributed by atoms with E-state index in [4.69, 9.17) is 11.6 Å². The Balaban J connectivity index is 2.05. The predicted molar refractivity (Wildman–Crippen MR) is 96.3 cm³/mol. The van der Waals surface area contributed by atoms with Gasteiger partial charge in [-0.25, -0.2) is 0 Å². The fourth-order valence-corrected chi connectivity index (χ4v) is 4.14. The van der Waals surface area contributed by atoms with Gasteiger partial charge in [-0.1, -0.05) is 23.7 Å². The van der Waals surface area contributed by atoms with Gasteiger partial charge in [0.25, 0.3) is 11.5 Å². The van der Waals surface area contributed by atoms with E-state index < -0.39 is 29.4 Å². The van der Waals surface area contributed by atoms with E-state index in [1.54, 1.807) is 12.1 Å². The number of hydrogen-bond donors (Lipinski definition) is 1. The van der Waals surface area contributed by atoms with Crippen molar-refractivity contribution in [3.63, 3.8) is 0 Å². The quantitative estimate of drug-likeness (QED) is 0.616. The molecule has 1 heterocycles. The molecule has 0 aromatic heterocycles. The molecule has 0 fully saturated rings. The van der Waals surface area contributed by atoms with Crippen molar-refractivity contribution >= 4 is 35.0 Å². The highest BCUT2D eigenvalue weighted by molar-refractivity contribution is 7.99. The molecular formula is C18H12ClF6NO2S. The molecule has 29 heavy (non-hydrogen) atoms. The minimum Gasteiger partial charge on any atom is -0.369 e. The van der Waals surface area contributed by atoms with E-state index in [0.717, 1.165) is 17.8 Å². The maximum Gasteiger partial charge on any atom is 0.430 e. The van der Waals surface area contributed by atoms with Crippen molar-refractivity contribution in [1.82, 2.24) is 0 Å². The molecule has 0 spiro atoms. The number of thioether (sulfide) groups is 1. The number of anilines is 1. The Bertz CT molecular complexity index is 933. The predicted octanol–water partition coefficient (Wildman–Crippen LogP) is 5.40. The Hall–Kier alpha value is -1.91. The molecule has 1 aliphatic heterocycles. The molecule has 2 aromatic carbocycles. The molecule has 1 aliphatic rings. The van der Waals surface area contributed by atoms with Crippen molar-refractivity contribution in [2.45, 2.75) is 22.8 Å². The second-order valence-electron chi connectivity index (χ2n) is 6.20. The highest BCUT2D eigenvalue weighted by atomic mass is 35.5. The van der Waals surface area contributed by atoms with Gasteiger partial charge < -0.3 is 10.0 Å². The van der Waals surface area contributed by atoms with Crippen LogP contribution in [0.1, 0.15) is 15.9 Å². The number of rotatable bonds is 2. The Morgan fingerprint density at radius 1 is 1.03 bits per heavy atom. The Morgan fingerprint density at radius 2 is 1.69 bits per heavy atom. The van der Waals surface area contributed by atoms with Crippen molar-refractivity contribution in [2.75, 3.05) is 17.2 Å². The van der Waals surface area contributed by atoms with Crippen molar-refractivity contribution < 1.29 is 36.2 Å². The summed E-state index contributed by atoms with van der Waals surface area (Å²) in [6.45, 7) is 0.200. The van der Waals surface area contributed by atoms with Crippen LogP contribution in [0.5, 0.6) is 0 Å². The number of carbonyl (C=O) groups is 1. The molecule has 0 aliphatic carbocycles. The first kappa shape index (κ1) is 21.8. The summed E-state index contributed by atoms with van der Waals surface area (Å²) in [5.41, 5.74) is -6.00. The van der Waals surface area contributed by atoms with Crippen molar-refractivity contribution in [3.8, 4) is 0 Å². The summed E-state index contributed by atoms with van der Waals surface area (Å²) in [6.07, 6.45) is -12.0. The molecule has 3 rings (SSSR count). The van der Waals surface area contributed by atoms with Crippen LogP contribution in [0.3, 0.4) is 0 Å². The van der Waals surface area contributed by atoms with Crippen LogP contribution in [0.15, 0.2) is 47.4 Å². The van der Waals surface area contributed by atoms with Gasteiger partial charge in [-0.2, -0.15) is 26.3 Å². The van der Waals surface area contributed by atoms with Gasteiger partial charge in [0.05, 0.1) is 5.69 Å². The lowest BCUT2D eigenvalue weighted by Gasteiger charge is -2.34. The van der Waals surface area contributed by atoms with Crippen molar-refractivity contribution in [2.24, 2.45) is 0 Å². The summed E-state index contributed by atoms with van der Waals surface area (Å²) in [7, 11) is 0. The summed E-state index contributed by atoms with van der Waals surface area (Å²) in [5.74, 6) is -0.247. The minimum atomic E-state index is -5.98. The standard InChI is InChI=1S/C18H12ClF6NO2S/c19-12-3-1-2-10(8-12)15(27)26-6-7-29-14-9-11(4-5-13(14)26)16(28,17(20,21)22)18(23,24)25/h1-5,8-9,28H,6-7H2. The second-order valence-corrected chi connectivity index (χ2v) is 7.78. The SMILES string of the molecule is O=C(c1cccc(Cl)c1)N1CCSc2cc(C(O)(C(F)(F)F)C(F)(F)F)ccc21. The number of nitrogens with zero attached hydrogens (tertiary/aromatic N) is 1. The molecule has 0 atom stereocenters. The first-order chi connectivity index (χ1) is 13.4. The number of alkyl halides is 6. The monoisotopic (exact) mass is 455 g/mol. The van der Waals surface area contributed by atoms with Gasteiger partial charge in [-0.05, 0) is 30.3 Å². The molecule has 1 N–H and O–H groups in total. The van der Waals surface area contributed by atoms with Crippen LogP contribution < -0.4 is 4.90 Å². The van der Waals surface area contributed by atoms with E-state index >= 15 is 0 Å². The Morgan fingerprint density at radius 3 is 2.28 bits per heavy atom. The van der Waals surface area contributed by atoms with Crippen molar-refractivity contribution in [1.29, 1.82) is 0 Å². The number of amides is 1. The zero-order valence-electron chi connectivity index (χ0n) is 14.3. The lowest BCUT2D eigenvalue weighted by atomic mass is 9.92. The number of fused-ring (bicyclic) bond motifs is 1. The fraction of sp³-hybridized carbons (Fsp3) is 0.278. The molecule has 0 saturated heterocycles. The second kappa shape index (κ2) is 7.41. The Labute approximate surface area is 170 Å². The topological polar surface area (TPSA) is 40.5 Å². The number of aliphatic hydroxyl groups is 1. The molecule has 0 bridgehead atoms. The maximum atomic E-state index is 13.1. The number of carbonyl (C=O) groups excluding carboxylic acids is 1. The lowest BCUT2D eigenvalue weighted by molar-refractivity contribution is -0.376. The van der Waals surface area contributed by atoms with Crippen LogP contribution in [-0.4, -0.2) is 35.7 Å². The highest BCUT2D eigenvalue weighted by Crippen LogP contribution is 2.51. The smallest absolute Gasteiger partial charge is 0.369 e. The van der Waals surface area contributed by atoms with Gasteiger partial charge in [-0.3, -0.25) is 4.79 Å². The van der Waals surface area contributed by atoms with E-state index in [2.05, 4.69) is 0 Å². The van der Waals surface area contributed by atoms with Gasteiger partial charge in [0.1, 0.15) is 0 Å². The molecule has 11 heteroatoms. The van der Waals surface area contributed by atoms with Gasteiger partial charge >= 0.3 is 12.4 Å². The van der Waals surface area contributed by atoms with Crippen LogP contribution >= 0.6 is 23.4 Å². The molecule has 3 nitrogen and oxygen atoms in total. The summed E-state index contributed by atoms with van der Waals surface area (Å²) < 4.78 is 78.8. The molecule has 0 radical (unpaired) electrons. The number of benzene rings is 2. The molecule has 0 unspecified atom stereocenters. The first-order valence-corrected chi connectivity index (χ1v) is 9.43. The van der Waals surface area contributed by atoms with E-state index in [0.29, 0.717) is 17.2 Å². The fourth-order valence-electron chi connectivity index (χ4n) is 2.92. The van der Waals surface area contributed by atoms with Crippen LogP contribution in [0.2, 0.25) is 5.02 Å². The van der Waals surface area contributed by atoms with E-state index in [1.165, 1.54) is 17.0 Å². The van der Waals surface area contributed by atoms with Gasteiger partial charge in [0.2, 0.25) is 0 Å². The third-order valence-corrected chi connectivity index (χ3v) is 5.64. The average Bonchev–Trinajstić information content (AvgIpc) is 2.64. The summed E-state index contributed by atoms with van der Waals surface area (Å²) in [4.78, 5) is 14.0. The largest absolute Gasteiger partial charge is 0.430 e. The van der Waals surface area contributed by atoms with Crippen LogP contribution in [0.4, 0.5) is 32.0 Å². The molecule has 1 amide bonds. The summed E-state index contributed by atoms with van der Waals surface area (Å²) >= 11 is 6.86. The van der Waals surface area contributed by atoms with Crippen LogP contribution in [0.25, 0.3) is 0 Å². The summed E-state index contributed by atoms with van der Waals surface area (Å²) in [5, 5.41) is 9.89. The normalized spacial score (nSPS) is 15.2. The van der Waals surface area contributed by atoms with Gasteiger partial charge in [0.15, 0.2) is 0 Å². The summed E-state index contributed by atoms with van der Waals surface area (Å²) in [6, 6.07) is 8.14.